The van der Waals surface area contributed by atoms with Crippen LogP contribution in [0.4, 0.5) is 0 Å². The van der Waals surface area contributed by atoms with Crippen LogP contribution in [-0.4, -0.2) is 17.0 Å². The van der Waals surface area contributed by atoms with E-state index in [0.29, 0.717) is 11.9 Å². The van der Waals surface area contributed by atoms with Crippen LogP contribution in [0.2, 0.25) is 0 Å². The summed E-state index contributed by atoms with van der Waals surface area (Å²) >= 11 is 1.94. The molecule has 0 radical (unpaired) electrons. The summed E-state index contributed by atoms with van der Waals surface area (Å²) in [4.78, 5) is 0. The third-order valence-electron chi connectivity index (χ3n) is 3.23. The predicted octanol–water partition coefficient (Wildman–Crippen LogP) is 3.18. The number of hydrogen-bond acceptors (Lipinski definition) is 2. The van der Waals surface area contributed by atoms with Crippen LogP contribution in [0.3, 0.4) is 0 Å². The van der Waals surface area contributed by atoms with Crippen LogP contribution < -0.4 is 0 Å². The molecule has 1 aromatic carbocycles. The van der Waals surface area contributed by atoms with E-state index < -0.39 is 0 Å². The molecule has 0 fully saturated rings. The van der Waals surface area contributed by atoms with Gasteiger partial charge in [0.25, 0.3) is 0 Å². The Balaban J connectivity index is 1.90. The topological polar surface area (TPSA) is 20.2 Å². The molecule has 1 nitrogen and oxygen atoms in total. The molecule has 0 spiro atoms. The first-order valence-electron chi connectivity index (χ1n) is 6.12. The van der Waals surface area contributed by atoms with E-state index in [4.69, 9.17) is 5.11 Å². The van der Waals surface area contributed by atoms with Crippen molar-refractivity contribution in [2.24, 2.45) is 0 Å². The Hall–Kier alpha value is -0.470. The second-order valence-electron chi connectivity index (χ2n) is 4.59. The Labute approximate surface area is 102 Å². The third-order valence-corrected chi connectivity index (χ3v) is 4.54. The van der Waals surface area contributed by atoms with Crippen molar-refractivity contribution in [2.45, 2.75) is 43.6 Å². The highest BCUT2D eigenvalue weighted by molar-refractivity contribution is 7.99. The quantitative estimate of drug-likeness (QED) is 0.847. The highest BCUT2D eigenvalue weighted by Crippen LogP contribution is 2.26. The maximum Gasteiger partial charge on any atom is 0.0441 e. The first-order chi connectivity index (χ1) is 7.79. The molecule has 0 heterocycles. The van der Waals surface area contributed by atoms with Gasteiger partial charge in [-0.05, 0) is 42.4 Å². The monoisotopic (exact) mass is 236 g/mol. The van der Waals surface area contributed by atoms with E-state index in [1.165, 1.54) is 24.8 Å². The van der Waals surface area contributed by atoms with Gasteiger partial charge in [0.05, 0.1) is 0 Å². The molecule has 0 amide bonds. The third kappa shape index (κ3) is 3.02. The molecule has 1 aromatic rings. The number of benzene rings is 1. The maximum absolute atomic E-state index is 8.85. The van der Waals surface area contributed by atoms with Gasteiger partial charge in [0, 0.05) is 17.6 Å². The lowest BCUT2D eigenvalue weighted by Gasteiger charge is -2.10. The normalized spacial score (nSPS) is 16.1. The minimum atomic E-state index is 0.304. The van der Waals surface area contributed by atoms with Gasteiger partial charge in [0.15, 0.2) is 0 Å². The van der Waals surface area contributed by atoms with Gasteiger partial charge < -0.3 is 5.11 Å². The van der Waals surface area contributed by atoms with E-state index in [1.807, 2.05) is 11.8 Å². The summed E-state index contributed by atoms with van der Waals surface area (Å²) in [7, 11) is 0. The van der Waals surface area contributed by atoms with Crippen molar-refractivity contribution in [3.05, 3.63) is 34.9 Å². The van der Waals surface area contributed by atoms with Gasteiger partial charge in [-0.3, -0.25) is 0 Å². The Bertz CT molecular complexity index is 349. The minimum absolute atomic E-state index is 0.304. The Morgan fingerprint density at radius 1 is 1.31 bits per heavy atom. The fourth-order valence-corrected chi connectivity index (χ4v) is 3.15. The molecule has 0 saturated heterocycles. The summed E-state index contributed by atoms with van der Waals surface area (Å²) in [5, 5.41) is 9.40. The summed E-state index contributed by atoms with van der Waals surface area (Å²) in [6.45, 7) is 2.49. The average Bonchev–Trinajstić information content (AvgIpc) is 2.74. The Kier molecular flexibility index (Phi) is 4.30. The molecule has 88 valence electrons. The zero-order chi connectivity index (χ0) is 11.4. The number of thioether (sulfide) groups is 1. The Morgan fingerprint density at radius 2 is 2.12 bits per heavy atom. The number of hydrogen-bond donors (Lipinski definition) is 1. The van der Waals surface area contributed by atoms with Gasteiger partial charge in [-0.2, -0.15) is 11.8 Å². The van der Waals surface area contributed by atoms with Crippen LogP contribution in [0.1, 0.15) is 36.5 Å². The van der Waals surface area contributed by atoms with Crippen molar-refractivity contribution in [3.63, 3.8) is 0 Å². The van der Waals surface area contributed by atoms with Gasteiger partial charge in [-0.1, -0.05) is 25.1 Å². The van der Waals surface area contributed by atoms with Gasteiger partial charge in [0.2, 0.25) is 0 Å². The molecular formula is C14H20OS. The van der Waals surface area contributed by atoms with E-state index in [-0.39, 0.29) is 0 Å². The van der Waals surface area contributed by atoms with Crippen molar-refractivity contribution in [2.75, 3.05) is 6.61 Å². The van der Waals surface area contributed by atoms with Crippen molar-refractivity contribution in [1.29, 1.82) is 0 Å². The predicted molar refractivity (Wildman–Crippen MR) is 70.9 cm³/mol. The summed E-state index contributed by atoms with van der Waals surface area (Å²) in [6.07, 6.45) is 4.76. The molecule has 1 unspecified atom stereocenters. The van der Waals surface area contributed by atoms with Crippen LogP contribution in [0.25, 0.3) is 0 Å². The van der Waals surface area contributed by atoms with E-state index >= 15 is 0 Å². The van der Waals surface area contributed by atoms with Crippen LogP contribution in [0.5, 0.6) is 0 Å². The fraction of sp³-hybridized carbons (Fsp3) is 0.571. The molecule has 0 aliphatic heterocycles. The maximum atomic E-state index is 8.85. The van der Waals surface area contributed by atoms with Gasteiger partial charge in [-0.15, -0.1) is 0 Å². The van der Waals surface area contributed by atoms with Crippen molar-refractivity contribution in [1.82, 2.24) is 0 Å². The van der Waals surface area contributed by atoms with Crippen LogP contribution >= 0.6 is 11.8 Å². The lowest BCUT2D eigenvalue weighted by Crippen LogP contribution is -2.00. The smallest absolute Gasteiger partial charge is 0.0441 e. The minimum Gasteiger partial charge on any atom is -0.396 e. The molecule has 1 atom stereocenters. The lowest BCUT2D eigenvalue weighted by molar-refractivity contribution is 0.289. The summed E-state index contributed by atoms with van der Waals surface area (Å²) in [5.41, 5.74) is 4.56. The highest BCUT2D eigenvalue weighted by atomic mass is 32.2. The van der Waals surface area contributed by atoms with Gasteiger partial charge in [-0.25, -0.2) is 0 Å². The van der Waals surface area contributed by atoms with Crippen molar-refractivity contribution >= 4 is 11.8 Å². The van der Waals surface area contributed by atoms with Crippen molar-refractivity contribution < 1.29 is 5.11 Å². The van der Waals surface area contributed by atoms with E-state index in [2.05, 4.69) is 25.1 Å². The largest absolute Gasteiger partial charge is 0.396 e. The molecule has 1 aliphatic rings. The number of fused-ring (bicyclic) bond motifs is 1. The van der Waals surface area contributed by atoms with Gasteiger partial charge in [0.1, 0.15) is 0 Å². The first-order valence-corrected chi connectivity index (χ1v) is 7.17. The van der Waals surface area contributed by atoms with Crippen LogP contribution in [-0.2, 0) is 18.6 Å². The summed E-state index contributed by atoms with van der Waals surface area (Å²) in [6, 6.07) is 6.94. The van der Waals surface area contributed by atoms with Crippen molar-refractivity contribution in [3.8, 4) is 0 Å². The number of aliphatic hydroxyl groups is 1. The molecule has 16 heavy (non-hydrogen) atoms. The van der Waals surface area contributed by atoms with Crippen LogP contribution in [0.15, 0.2) is 18.2 Å². The molecule has 0 saturated carbocycles. The highest BCUT2D eigenvalue weighted by Gasteiger charge is 2.11. The summed E-state index contributed by atoms with van der Waals surface area (Å²) in [5.74, 6) is 1.08. The Morgan fingerprint density at radius 3 is 2.94 bits per heavy atom. The molecule has 0 bridgehead atoms. The number of aliphatic hydroxyl groups excluding tert-OH is 1. The average molecular weight is 236 g/mol. The SMILES string of the molecule is CC(CCO)SCc1ccc2c(c1)CCC2. The lowest BCUT2D eigenvalue weighted by atomic mass is 10.1. The summed E-state index contributed by atoms with van der Waals surface area (Å²) < 4.78 is 0. The van der Waals surface area contributed by atoms with Crippen LogP contribution in [0, 0.1) is 0 Å². The van der Waals surface area contributed by atoms with E-state index in [0.717, 1.165) is 12.2 Å². The zero-order valence-corrected chi connectivity index (χ0v) is 10.7. The molecule has 2 rings (SSSR count). The molecule has 1 N–H and O–H groups in total. The standard InChI is InChI=1S/C14H20OS/c1-11(7-8-15)16-10-12-5-6-13-3-2-4-14(13)9-12/h5-6,9,11,15H,2-4,7-8,10H2,1H3. The second-order valence-corrected chi connectivity index (χ2v) is 6.02. The number of rotatable bonds is 5. The van der Waals surface area contributed by atoms with E-state index in [1.54, 1.807) is 11.1 Å². The molecular weight excluding hydrogens is 216 g/mol. The fourth-order valence-electron chi connectivity index (χ4n) is 2.22. The number of aryl methyl sites for hydroxylation is 2. The van der Waals surface area contributed by atoms with Gasteiger partial charge >= 0.3 is 0 Å². The zero-order valence-electron chi connectivity index (χ0n) is 9.91. The second kappa shape index (κ2) is 5.74. The molecule has 1 aliphatic carbocycles. The molecule has 0 aromatic heterocycles. The first kappa shape index (κ1) is 12.0. The molecule has 2 heteroatoms. The van der Waals surface area contributed by atoms with E-state index in [9.17, 15) is 0 Å².